The molecule has 2 aliphatic rings. The van der Waals surface area contributed by atoms with E-state index in [1.54, 1.807) is 0 Å². The summed E-state index contributed by atoms with van der Waals surface area (Å²) in [5.41, 5.74) is 0.866. The molecule has 4 nitrogen and oxygen atoms in total. The van der Waals surface area contributed by atoms with Crippen LogP contribution in [-0.4, -0.2) is 46.7 Å². The van der Waals surface area contributed by atoms with Gasteiger partial charge < -0.3 is 4.74 Å². The van der Waals surface area contributed by atoms with Crippen LogP contribution < -0.4 is 0 Å². The van der Waals surface area contributed by atoms with E-state index in [2.05, 4.69) is 41.3 Å². The molecular formula is C18H24N2O2. The molecule has 2 unspecified atom stereocenters. The maximum atomic E-state index is 12.4. The van der Waals surface area contributed by atoms with Gasteiger partial charge in [-0.05, 0) is 26.3 Å². The van der Waals surface area contributed by atoms with Crippen LogP contribution >= 0.6 is 0 Å². The average molecular weight is 300 g/mol. The van der Waals surface area contributed by atoms with E-state index >= 15 is 0 Å². The highest BCUT2D eigenvalue weighted by atomic mass is 16.6. The lowest BCUT2D eigenvalue weighted by molar-refractivity contribution is -0.00151. The number of amides is 1. The monoisotopic (exact) mass is 300 g/mol. The Morgan fingerprint density at radius 1 is 1.14 bits per heavy atom. The molecule has 22 heavy (non-hydrogen) atoms. The molecule has 0 spiro atoms. The SMILES string of the molecule is CC(C)(C)OC(=O)N1C2C=CC1CN(Cc1ccccc1)C2. The fourth-order valence-corrected chi connectivity index (χ4v) is 3.15. The fraction of sp³-hybridized carbons (Fsp3) is 0.500. The fourth-order valence-electron chi connectivity index (χ4n) is 3.15. The number of piperazine rings is 1. The molecular weight excluding hydrogens is 276 g/mol. The molecule has 3 rings (SSSR count). The molecule has 1 fully saturated rings. The van der Waals surface area contributed by atoms with Gasteiger partial charge in [0, 0.05) is 19.6 Å². The van der Waals surface area contributed by atoms with Crippen LogP contribution in [0.5, 0.6) is 0 Å². The first-order chi connectivity index (χ1) is 10.4. The van der Waals surface area contributed by atoms with Gasteiger partial charge in [-0.1, -0.05) is 42.5 Å². The predicted octanol–water partition coefficient (Wildman–Crippen LogP) is 3.05. The quantitative estimate of drug-likeness (QED) is 0.787. The van der Waals surface area contributed by atoms with Gasteiger partial charge in [-0.25, -0.2) is 4.79 Å². The number of ether oxygens (including phenoxy) is 1. The zero-order chi connectivity index (χ0) is 15.7. The number of carbonyl (C=O) groups excluding carboxylic acids is 1. The van der Waals surface area contributed by atoms with Gasteiger partial charge in [0.2, 0.25) is 0 Å². The van der Waals surface area contributed by atoms with Crippen molar-refractivity contribution in [1.82, 2.24) is 9.80 Å². The minimum atomic E-state index is -0.447. The third-order valence-electron chi connectivity index (χ3n) is 4.01. The molecule has 0 aromatic heterocycles. The Kier molecular flexibility index (Phi) is 3.96. The minimum Gasteiger partial charge on any atom is -0.444 e. The Hall–Kier alpha value is -1.81. The molecule has 1 aromatic carbocycles. The van der Waals surface area contributed by atoms with E-state index in [9.17, 15) is 4.79 Å². The van der Waals surface area contributed by atoms with Gasteiger partial charge in [0.1, 0.15) is 5.60 Å². The Morgan fingerprint density at radius 2 is 1.73 bits per heavy atom. The molecule has 1 saturated heterocycles. The van der Waals surface area contributed by atoms with E-state index in [1.165, 1.54) is 5.56 Å². The highest BCUT2D eigenvalue weighted by molar-refractivity contribution is 5.71. The molecule has 2 heterocycles. The van der Waals surface area contributed by atoms with Crippen molar-refractivity contribution in [2.24, 2.45) is 0 Å². The average Bonchev–Trinajstić information content (AvgIpc) is 2.70. The maximum Gasteiger partial charge on any atom is 0.411 e. The molecule has 1 aromatic rings. The van der Waals surface area contributed by atoms with Gasteiger partial charge in [-0.3, -0.25) is 9.80 Å². The van der Waals surface area contributed by atoms with Crippen molar-refractivity contribution in [3.63, 3.8) is 0 Å². The van der Waals surface area contributed by atoms with Gasteiger partial charge in [0.05, 0.1) is 12.1 Å². The molecule has 2 aliphatic heterocycles. The smallest absolute Gasteiger partial charge is 0.411 e. The molecule has 4 heteroatoms. The van der Waals surface area contributed by atoms with Crippen LogP contribution in [0.4, 0.5) is 4.79 Å². The summed E-state index contributed by atoms with van der Waals surface area (Å²) in [7, 11) is 0. The first-order valence-corrected chi connectivity index (χ1v) is 7.88. The van der Waals surface area contributed by atoms with E-state index in [1.807, 2.05) is 31.7 Å². The summed E-state index contributed by atoms with van der Waals surface area (Å²) in [5.74, 6) is 0. The van der Waals surface area contributed by atoms with Crippen molar-refractivity contribution in [2.45, 2.75) is 45.0 Å². The van der Waals surface area contributed by atoms with Crippen LogP contribution in [-0.2, 0) is 11.3 Å². The lowest BCUT2D eigenvalue weighted by Gasteiger charge is -2.41. The first kappa shape index (κ1) is 15.1. The lowest BCUT2D eigenvalue weighted by atomic mass is 10.1. The van der Waals surface area contributed by atoms with E-state index in [0.29, 0.717) is 0 Å². The van der Waals surface area contributed by atoms with Crippen LogP contribution in [0.3, 0.4) is 0 Å². The number of fused-ring (bicyclic) bond motifs is 2. The molecule has 0 aliphatic carbocycles. The number of carbonyl (C=O) groups is 1. The Labute approximate surface area is 132 Å². The van der Waals surface area contributed by atoms with Gasteiger partial charge in [0.15, 0.2) is 0 Å². The zero-order valence-corrected chi connectivity index (χ0v) is 13.5. The second kappa shape index (κ2) is 5.76. The second-order valence-corrected chi connectivity index (χ2v) is 7.09. The zero-order valence-electron chi connectivity index (χ0n) is 13.5. The van der Waals surface area contributed by atoms with Crippen LogP contribution in [0.15, 0.2) is 42.5 Å². The van der Waals surface area contributed by atoms with E-state index in [0.717, 1.165) is 19.6 Å². The van der Waals surface area contributed by atoms with Gasteiger partial charge in [-0.15, -0.1) is 0 Å². The van der Waals surface area contributed by atoms with Gasteiger partial charge in [-0.2, -0.15) is 0 Å². The summed E-state index contributed by atoms with van der Waals surface area (Å²) in [4.78, 5) is 16.7. The third-order valence-corrected chi connectivity index (χ3v) is 4.01. The number of rotatable bonds is 2. The number of hydrogen-bond acceptors (Lipinski definition) is 3. The molecule has 1 amide bonds. The van der Waals surface area contributed by atoms with Crippen molar-refractivity contribution in [1.29, 1.82) is 0 Å². The maximum absolute atomic E-state index is 12.4. The van der Waals surface area contributed by atoms with Crippen molar-refractivity contribution in [3.05, 3.63) is 48.0 Å². The summed E-state index contributed by atoms with van der Waals surface area (Å²) >= 11 is 0. The van der Waals surface area contributed by atoms with Crippen molar-refractivity contribution in [3.8, 4) is 0 Å². The molecule has 0 N–H and O–H groups in total. The normalized spacial score (nSPS) is 24.6. The number of benzene rings is 1. The molecule has 2 atom stereocenters. The van der Waals surface area contributed by atoms with Crippen LogP contribution in [0.25, 0.3) is 0 Å². The summed E-state index contributed by atoms with van der Waals surface area (Å²) in [6, 6.07) is 10.7. The third kappa shape index (κ3) is 3.33. The van der Waals surface area contributed by atoms with Crippen molar-refractivity contribution >= 4 is 6.09 Å². The highest BCUT2D eigenvalue weighted by Gasteiger charge is 2.40. The largest absolute Gasteiger partial charge is 0.444 e. The summed E-state index contributed by atoms with van der Waals surface area (Å²) in [6.07, 6.45) is 4.07. The first-order valence-electron chi connectivity index (χ1n) is 7.88. The standard InChI is InChI=1S/C18H24N2O2/c1-18(2,3)22-17(21)20-15-9-10-16(20)13-19(12-15)11-14-7-5-4-6-8-14/h4-10,15-16H,11-13H2,1-3H3. The Bertz CT molecular complexity index is 546. The second-order valence-electron chi connectivity index (χ2n) is 7.09. The summed E-state index contributed by atoms with van der Waals surface area (Å²) in [6.45, 7) is 8.38. The van der Waals surface area contributed by atoms with Gasteiger partial charge >= 0.3 is 6.09 Å². The summed E-state index contributed by atoms with van der Waals surface area (Å²) in [5, 5.41) is 0. The molecule has 2 bridgehead atoms. The Morgan fingerprint density at radius 3 is 2.27 bits per heavy atom. The van der Waals surface area contributed by atoms with Gasteiger partial charge in [0.25, 0.3) is 0 Å². The molecule has 118 valence electrons. The highest BCUT2D eigenvalue weighted by Crippen LogP contribution is 2.27. The van der Waals surface area contributed by atoms with Crippen LogP contribution in [0.1, 0.15) is 26.3 Å². The van der Waals surface area contributed by atoms with E-state index in [-0.39, 0.29) is 18.2 Å². The number of hydrogen-bond donors (Lipinski definition) is 0. The summed E-state index contributed by atoms with van der Waals surface area (Å²) < 4.78 is 5.54. The molecule has 0 saturated carbocycles. The Balaban J connectivity index is 1.63. The van der Waals surface area contributed by atoms with Crippen molar-refractivity contribution < 1.29 is 9.53 Å². The van der Waals surface area contributed by atoms with Crippen LogP contribution in [0.2, 0.25) is 0 Å². The minimum absolute atomic E-state index is 0.123. The topological polar surface area (TPSA) is 32.8 Å². The van der Waals surface area contributed by atoms with E-state index < -0.39 is 5.60 Å². The lowest BCUT2D eigenvalue weighted by Crippen LogP contribution is -2.56. The number of nitrogens with zero attached hydrogens (tertiary/aromatic N) is 2. The predicted molar refractivity (Wildman–Crippen MR) is 86.5 cm³/mol. The molecule has 0 radical (unpaired) electrons. The van der Waals surface area contributed by atoms with E-state index in [4.69, 9.17) is 4.74 Å². The van der Waals surface area contributed by atoms with Crippen molar-refractivity contribution in [2.75, 3.05) is 13.1 Å². The van der Waals surface area contributed by atoms with Crippen LogP contribution in [0, 0.1) is 0 Å².